The molecule has 0 bridgehead atoms. The molecular weight excluding hydrogens is 268 g/mol. The van der Waals surface area contributed by atoms with Crippen LogP contribution in [0, 0.1) is 11.6 Å². The van der Waals surface area contributed by atoms with Crippen LogP contribution in [0.5, 0.6) is 0 Å². The molecule has 0 saturated heterocycles. The van der Waals surface area contributed by atoms with Gasteiger partial charge in [0, 0.05) is 23.2 Å². The Labute approximate surface area is 116 Å². The van der Waals surface area contributed by atoms with Gasteiger partial charge in [-0.3, -0.25) is 0 Å². The molecule has 2 aromatic carbocycles. The van der Waals surface area contributed by atoms with E-state index >= 15 is 0 Å². The largest absolute Gasteiger partial charge is 0.306 e. The van der Waals surface area contributed by atoms with Crippen LogP contribution in [0.1, 0.15) is 24.1 Å². The van der Waals surface area contributed by atoms with Gasteiger partial charge in [-0.2, -0.15) is 0 Å². The van der Waals surface area contributed by atoms with Gasteiger partial charge in [-0.15, -0.1) is 0 Å². The van der Waals surface area contributed by atoms with E-state index in [9.17, 15) is 8.78 Å². The van der Waals surface area contributed by atoms with Crippen LogP contribution in [0.15, 0.2) is 42.5 Å². The highest BCUT2D eigenvalue weighted by Gasteiger charge is 2.09. The molecule has 0 radical (unpaired) electrons. The van der Waals surface area contributed by atoms with Gasteiger partial charge < -0.3 is 5.32 Å². The normalized spacial score (nSPS) is 12.4. The molecule has 19 heavy (non-hydrogen) atoms. The molecule has 100 valence electrons. The van der Waals surface area contributed by atoms with Gasteiger partial charge in [0.15, 0.2) is 11.6 Å². The molecule has 2 rings (SSSR count). The zero-order valence-corrected chi connectivity index (χ0v) is 11.2. The monoisotopic (exact) mass is 281 g/mol. The van der Waals surface area contributed by atoms with Crippen molar-refractivity contribution in [3.63, 3.8) is 0 Å². The Balaban J connectivity index is 2.02. The SMILES string of the molecule is C[C@@H](NCc1cccc(F)c1F)c1ccc(Cl)cc1. The van der Waals surface area contributed by atoms with Crippen LogP contribution in [-0.2, 0) is 6.54 Å². The molecule has 0 amide bonds. The van der Waals surface area contributed by atoms with Crippen molar-refractivity contribution < 1.29 is 8.78 Å². The Morgan fingerprint density at radius 3 is 2.47 bits per heavy atom. The van der Waals surface area contributed by atoms with Crippen molar-refractivity contribution in [3.05, 3.63) is 70.2 Å². The maximum absolute atomic E-state index is 13.5. The Hall–Kier alpha value is -1.45. The van der Waals surface area contributed by atoms with E-state index in [4.69, 9.17) is 11.6 Å². The van der Waals surface area contributed by atoms with Crippen molar-refractivity contribution >= 4 is 11.6 Å². The molecule has 1 nitrogen and oxygen atoms in total. The Morgan fingerprint density at radius 2 is 1.79 bits per heavy atom. The molecule has 4 heteroatoms. The molecule has 0 aromatic heterocycles. The van der Waals surface area contributed by atoms with Crippen LogP contribution < -0.4 is 5.32 Å². The maximum atomic E-state index is 13.5. The standard InChI is InChI=1S/C15H14ClF2N/c1-10(11-5-7-13(16)8-6-11)19-9-12-3-2-4-14(17)15(12)18/h2-8,10,19H,9H2,1H3/t10-/m1/s1. The summed E-state index contributed by atoms with van der Waals surface area (Å²) in [7, 11) is 0. The predicted octanol–water partition coefficient (Wildman–Crippen LogP) is 4.47. The molecule has 0 aliphatic heterocycles. The van der Waals surface area contributed by atoms with Crippen LogP contribution in [0.25, 0.3) is 0 Å². The van der Waals surface area contributed by atoms with Crippen LogP contribution >= 0.6 is 11.6 Å². The highest BCUT2D eigenvalue weighted by atomic mass is 35.5. The van der Waals surface area contributed by atoms with Crippen LogP contribution in [-0.4, -0.2) is 0 Å². The molecule has 0 aliphatic rings. The van der Waals surface area contributed by atoms with Gasteiger partial charge in [0.2, 0.25) is 0 Å². The zero-order chi connectivity index (χ0) is 13.8. The summed E-state index contributed by atoms with van der Waals surface area (Å²) in [5.41, 5.74) is 1.36. The van der Waals surface area contributed by atoms with Crippen molar-refractivity contribution in [1.82, 2.24) is 5.32 Å². The highest BCUT2D eigenvalue weighted by molar-refractivity contribution is 6.30. The maximum Gasteiger partial charge on any atom is 0.163 e. The zero-order valence-electron chi connectivity index (χ0n) is 10.5. The average Bonchev–Trinajstić information content (AvgIpc) is 2.41. The average molecular weight is 282 g/mol. The first kappa shape index (κ1) is 14.0. The first-order chi connectivity index (χ1) is 9.08. The second kappa shape index (κ2) is 6.13. The van der Waals surface area contributed by atoms with Crippen molar-refractivity contribution in [1.29, 1.82) is 0 Å². The van der Waals surface area contributed by atoms with E-state index in [0.29, 0.717) is 10.6 Å². The van der Waals surface area contributed by atoms with Gasteiger partial charge in [-0.25, -0.2) is 8.78 Å². The highest BCUT2D eigenvalue weighted by Crippen LogP contribution is 2.17. The topological polar surface area (TPSA) is 12.0 Å². The van der Waals surface area contributed by atoms with Gasteiger partial charge in [0.05, 0.1) is 0 Å². The van der Waals surface area contributed by atoms with E-state index in [1.165, 1.54) is 6.07 Å². The number of hydrogen-bond donors (Lipinski definition) is 1. The minimum absolute atomic E-state index is 0.0277. The lowest BCUT2D eigenvalue weighted by Crippen LogP contribution is -2.19. The van der Waals surface area contributed by atoms with E-state index in [1.807, 2.05) is 19.1 Å². The van der Waals surface area contributed by atoms with Gasteiger partial charge in [0.25, 0.3) is 0 Å². The van der Waals surface area contributed by atoms with Crippen molar-refractivity contribution in [2.45, 2.75) is 19.5 Å². The van der Waals surface area contributed by atoms with Crippen molar-refractivity contribution in [2.75, 3.05) is 0 Å². The molecule has 0 fully saturated rings. The smallest absolute Gasteiger partial charge is 0.163 e. The quantitative estimate of drug-likeness (QED) is 0.872. The third-order valence-electron chi connectivity index (χ3n) is 3.00. The summed E-state index contributed by atoms with van der Waals surface area (Å²) in [6.45, 7) is 2.23. The van der Waals surface area contributed by atoms with Crippen LogP contribution in [0.3, 0.4) is 0 Å². The fourth-order valence-electron chi connectivity index (χ4n) is 1.82. The fourth-order valence-corrected chi connectivity index (χ4v) is 1.94. The fraction of sp³-hybridized carbons (Fsp3) is 0.200. The second-order valence-corrected chi connectivity index (χ2v) is 4.80. The number of hydrogen-bond acceptors (Lipinski definition) is 1. The number of halogens is 3. The first-order valence-electron chi connectivity index (χ1n) is 5.99. The minimum Gasteiger partial charge on any atom is -0.306 e. The van der Waals surface area contributed by atoms with Gasteiger partial charge >= 0.3 is 0 Å². The van der Waals surface area contributed by atoms with E-state index in [1.54, 1.807) is 18.2 Å². The lowest BCUT2D eigenvalue weighted by Gasteiger charge is -2.14. The lowest BCUT2D eigenvalue weighted by molar-refractivity contribution is 0.484. The molecule has 0 heterocycles. The lowest BCUT2D eigenvalue weighted by atomic mass is 10.1. The summed E-state index contributed by atoms with van der Waals surface area (Å²) < 4.78 is 26.5. The Bertz CT molecular complexity index is 555. The summed E-state index contributed by atoms with van der Waals surface area (Å²) in [6, 6.07) is 11.6. The molecule has 1 N–H and O–H groups in total. The molecule has 0 unspecified atom stereocenters. The summed E-state index contributed by atoms with van der Waals surface area (Å²) in [4.78, 5) is 0. The molecular formula is C15H14ClF2N. The van der Waals surface area contributed by atoms with Crippen molar-refractivity contribution in [2.24, 2.45) is 0 Å². The van der Waals surface area contributed by atoms with Gasteiger partial charge in [0.1, 0.15) is 0 Å². The second-order valence-electron chi connectivity index (χ2n) is 4.37. The number of rotatable bonds is 4. The minimum atomic E-state index is -0.821. The van der Waals surface area contributed by atoms with Crippen LogP contribution in [0.2, 0.25) is 5.02 Å². The van der Waals surface area contributed by atoms with Gasteiger partial charge in [-0.05, 0) is 30.7 Å². The molecule has 0 aliphatic carbocycles. The third kappa shape index (κ3) is 3.52. The Morgan fingerprint density at radius 1 is 1.11 bits per heavy atom. The van der Waals surface area contributed by atoms with E-state index in [0.717, 1.165) is 11.6 Å². The van der Waals surface area contributed by atoms with E-state index in [-0.39, 0.29) is 12.6 Å². The summed E-state index contributed by atoms with van der Waals surface area (Å²) in [5.74, 6) is -1.61. The number of benzene rings is 2. The third-order valence-corrected chi connectivity index (χ3v) is 3.25. The molecule has 2 aromatic rings. The van der Waals surface area contributed by atoms with Crippen molar-refractivity contribution in [3.8, 4) is 0 Å². The summed E-state index contributed by atoms with van der Waals surface area (Å²) >= 11 is 5.82. The molecule has 0 spiro atoms. The van der Waals surface area contributed by atoms with E-state index < -0.39 is 11.6 Å². The molecule has 0 saturated carbocycles. The summed E-state index contributed by atoms with van der Waals surface area (Å²) in [5, 5.41) is 3.83. The predicted molar refractivity (Wildman–Crippen MR) is 73.1 cm³/mol. The number of nitrogens with one attached hydrogen (secondary N) is 1. The van der Waals surface area contributed by atoms with Gasteiger partial charge in [-0.1, -0.05) is 35.9 Å². The molecule has 1 atom stereocenters. The first-order valence-corrected chi connectivity index (χ1v) is 6.37. The van der Waals surface area contributed by atoms with Crippen LogP contribution in [0.4, 0.5) is 8.78 Å². The van der Waals surface area contributed by atoms with E-state index in [2.05, 4.69) is 5.32 Å². The summed E-state index contributed by atoms with van der Waals surface area (Å²) in [6.07, 6.45) is 0. The Kier molecular flexibility index (Phi) is 4.51.